The van der Waals surface area contributed by atoms with Crippen molar-refractivity contribution in [3.63, 3.8) is 0 Å². The van der Waals surface area contributed by atoms with Crippen LogP contribution in [0.4, 0.5) is 5.82 Å². The van der Waals surface area contributed by atoms with E-state index < -0.39 is 0 Å². The Bertz CT molecular complexity index is 480. The average Bonchev–Trinajstić information content (AvgIpc) is 2.46. The van der Waals surface area contributed by atoms with E-state index in [-0.39, 0.29) is 11.8 Å². The second kappa shape index (κ2) is 6.88. The molecule has 0 aromatic carbocycles. The van der Waals surface area contributed by atoms with E-state index in [4.69, 9.17) is 11.6 Å². The first kappa shape index (κ1) is 15.0. The molecule has 0 spiro atoms. The van der Waals surface area contributed by atoms with Gasteiger partial charge in [0.15, 0.2) is 0 Å². The third-order valence-electron chi connectivity index (χ3n) is 3.56. The number of aromatic nitrogens is 2. The Balaban J connectivity index is 2.15. The number of amides is 1. The summed E-state index contributed by atoms with van der Waals surface area (Å²) in [6.07, 6.45) is 3.72. The van der Waals surface area contributed by atoms with Crippen LogP contribution in [0.2, 0.25) is 5.15 Å². The Morgan fingerprint density at radius 2 is 2.35 bits per heavy atom. The van der Waals surface area contributed by atoms with Crippen LogP contribution in [0.5, 0.6) is 0 Å². The van der Waals surface area contributed by atoms with E-state index >= 15 is 0 Å². The molecule has 2 rings (SSSR count). The molecule has 5 nitrogen and oxygen atoms in total. The molecular weight excluding hydrogens is 276 g/mol. The number of hydrogen-bond donors (Lipinski definition) is 1. The second-order valence-electron chi connectivity index (χ2n) is 5.11. The van der Waals surface area contributed by atoms with Crippen molar-refractivity contribution in [1.82, 2.24) is 15.3 Å². The number of hydrogen-bond acceptors (Lipinski definition) is 4. The van der Waals surface area contributed by atoms with Crippen molar-refractivity contribution in [3.05, 3.63) is 17.0 Å². The van der Waals surface area contributed by atoms with Gasteiger partial charge in [-0.25, -0.2) is 9.97 Å². The van der Waals surface area contributed by atoms with Crippen LogP contribution >= 0.6 is 11.6 Å². The number of anilines is 1. The summed E-state index contributed by atoms with van der Waals surface area (Å²) >= 11 is 6.07. The van der Waals surface area contributed by atoms with Gasteiger partial charge in [0.1, 0.15) is 16.8 Å². The minimum atomic E-state index is 0.0251. The predicted molar refractivity (Wildman–Crippen MR) is 80.0 cm³/mol. The van der Waals surface area contributed by atoms with E-state index in [1.165, 1.54) is 0 Å². The van der Waals surface area contributed by atoms with Gasteiger partial charge in [-0.1, -0.05) is 18.5 Å². The van der Waals surface area contributed by atoms with E-state index in [0.717, 1.165) is 43.9 Å². The van der Waals surface area contributed by atoms with Crippen molar-refractivity contribution >= 4 is 23.3 Å². The monoisotopic (exact) mass is 296 g/mol. The van der Waals surface area contributed by atoms with E-state index in [9.17, 15) is 4.79 Å². The van der Waals surface area contributed by atoms with Crippen molar-refractivity contribution in [3.8, 4) is 0 Å². The molecule has 1 atom stereocenters. The summed E-state index contributed by atoms with van der Waals surface area (Å²) in [5.41, 5.74) is 0. The summed E-state index contributed by atoms with van der Waals surface area (Å²) in [6.45, 7) is 3.69. The van der Waals surface area contributed by atoms with Gasteiger partial charge in [0.2, 0.25) is 5.91 Å². The summed E-state index contributed by atoms with van der Waals surface area (Å²) in [7, 11) is 1.68. The van der Waals surface area contributed by atoms with Gasteiger partial charge in [-0.05, 0) is 19.3 Å². The SMILES string of the molecule is CCCc1nc(Cl)cc(N2CCCC(C(=O)NC)C2)n1. The standard InChI is InChI=1S/C14H21ClN4O/c1-3-5-12-17-11(15)8-13(18-12)19-7-4-6-10(9-19)14(20)16-2/h8,10H,3-7,9H2,1-2H3,(H,16,20). The van der Waals surface area contributed by atoms with Crippen LogP contribution < -0.4 is 10.2 Å². The Hall–Kier alpha value is -1.36. The number of aryl methyl sites for hydroxylation is 1. The average molecular weight is 297 g/mol. The van der Waals surface area contributed by atoms with Crippen LogP contribution in [0.25, 0.3) is 0 Å². The number of nitrogens with one attached hydrogen (secondary N) is 1. The third kappa shape index (κ3) is 3.60. The second-order valence-corrected chi connectivity index (χ2v) is 5.50. The van der Waals surface area contributed by atoms with Crippen molar-refractivity contribution in [1.29, 1.82) is 0 Å². The van der Waals surface area contributed by atoms with Gasteiger partial charge in [-0.2, -0.15) is 0 Å². The maximum atomic E-state index is 11.8. The first-order valence-electron chi connectivity index (χ1n) is 7.14. The zero-order valence-electron chi connectivity index (χ0n) is 12.0. The molecule has 110 valence electrons. The molecular formula is C14H21ClN4O. The molecule has 1 aliphatic rings. The zero-order chi connectivity index (χ0) is 14.5. The van der Waals surface area contributed by atoms with Crippen molar-refractivity contribution in [2.75, 3.05) is 25.0 Å². The number of carbonyl (C=O) groups is 1. The molecule has 1 amide bonds. The number of rotatable bonds is 4. The highest BCUT2D eigenvalue weighted by atomic mass is 35.5. The highest BCUT2D eigenvalue weighted by Crippen LogP contribution is 2.23. The highest BCUT2D eigenvalue weighted by Gasteiger charge is 2.26. The fraction of sp³-hybridized carbons (Fsp3) is 0.643. The largest absolute Gasteiger partial charge is 0.359 e. The summed E-state index contributed by atoms with van der Waals surface area (Å²) in [6, 6.07) is 1.78. The van der Waals surface area contributed by atoms with E-state index in [2.05, 4.69) is 27.1 Å². The maximum absolute atomic E-state index is 11.8. The fourth-order valence-corrected chi connectivity index (χ4v) is 2.75. The number of piperidine rings is 1. The molecule has 1 unspecified atom stereocenters. The molecule has 0 radical (unpaired) electrons. The molecule has 1 N–H and O–H groups in total. The summed E-state index contributed by atoms with van der Waals surface area (Å²) < 4.78 is 0. The lowest BCUT2D eigenvalue weighted by Crippen LogP contribution is -2.42. The van der Waals surface area contributed by atoms with Crippen LogP contribution in [-0.4, -0.2) is 36.0 Å². The highest BCUT2D eigenvalue weighted by molar-refractivity contribution is 6.29. The molecule has 0 bridgehead atoms. The maximum Gasteiger partial charge on any atom is 0.224 e. The summed E-state index contributed by atoms with van der Waals surface area (Å²) in [5.74, 6) is 1.74. The Morgan fingerprint density at radius 3 is 3.05 bits per heavy atom. The molecule has 1 saturated heterocycles. The number of carbonyl (C=O) groups excluding carboxylic acids is 1. The summed E-state index contributed by atoms with van der Waals surface area (Å²) in [4.78, 5) is 22.7. The molecule has 1 fully saturated rings. The molecule has 1 aliphatic heterocycles. The molecule has 6 heteroatoms. The molecule has 1 aromatic heterocycles. The fourth-order valence-electron chi connectivity index (χ4n) is 2.55. The lowest BCUT2D eigenvalue weighted by atomic mass is 9.97. The van der Waals surface area contributed by atoms with Crippen molar-refractivity contribution in [2.45, 2.75) is 32.6 Å². The molecule has 20 heavy (non-hydrogen) atoms. The van der Waals surface area contributed by atoms with Gasteiger partial charge in [-0.15, -0.1) is 0 Å². The normalized spacial score (nSPS) is 18.9. The lowest BCUT2D eigenvalue weighted by Gasteiger charge is -2.32. The quantitative estimate of drug-likeness (QED) is 0.864. The summed E-state index contributed by atoms with van der Waals surface area (Å²) in [5, 5.41) is 3.20. The van der Waals surface area contributed by atoms with Crippen molar-refractivity contribution < 1.29 is 4.79 Å². The van der Waals surface area contributed by atoms with Gasteiger partial charge in [0.25, 0.3) is 0 Å². The van der Waals surface area contributed by atoms with Crippen LogP contribution in [0.1, 0.15) is 32.0 Å². The van der Waals surface area contributed by atoms with Gasteiger partial charge in [-0.3, -0.25) is 4.79 Å². The third-order valence-corrected chi connectivity index (χ3v) is 3.76. The first-order chi connectivity index (χ1) is 9.63. The van der Waals surface area contributed by atoms with E-state index in [1.807, 2.05) is 0 Å². The predicted octanol–water partition coefficient (Wildman–Crippen LogP) is 2.04. The number of nitrogens with zero attached hydrogens (tertiary/aromatic N) is 3. The van der Waals surface area contributed by atoms with E-state index in [1.54, 1.807) is 13.1 Å². The Kier molecular flexibility index (Phi) is 5.17. The molecule has 0 aliphatic carbocycles. The van der Waals surface area contributed by atoms with Gasteiger partial charge >= 0.3 is 0 Å². The Morgan fingerprint density at radius 1 is 1.55 bits per heavy atom. The minimum Gasteiger partial charge on any atom is -0.359 e. The van der Waals surface area contributed by atoms with Gasteiger partial charge in [0, 0.05) is 32.6 Å². The van der Waals surface area contributed by atoms with Gasteiger partial charge in [0.05, 0.1) is 5.92 Å². The van der Waals surface area contributed by atoms with Crippen molar-refractivity contribution in [2.24, 2.45) is 5.92 Å². The first-order valence-corrected chi connectivity index (χ1v) is 7.51. The number of halogens is 1. The minimum absolute atomic E-state index is 0.0251. The van der Waals surface area contributed by atoms with Crippen LogP contribution in [0, 0.1) is 5.92 Å². The Labute approximate surface area is 124 Å². The molecule has 1 aromatic rings. The topological polar surface area (TPSA) is 58.1 Å². The smallest absolute Gasteiger partial charge is 0.224 e. The van der Waals surface area contributed by atoms with Gasteiger partial charge < -0.3 is 10.2 Å². The molecule has 2 heterocycles. The van der Waals surface area contributed by atoms with E-state index in [0.29, 0.717) is 11.7 Å². The zero-order valence-corrected chi connectivity index (χ0v) is 12.8. The molecule has 0 saturated carbocycles. The van der Waals surface area contributed by atoms with Crippen LogP contribution in [0.3, 0.4) is 0 Å². The van der Waals surface area contributed by atoms with Crippen LogP contribution in [-0.2, 0) is 11.2 Å². The lowest BCUT2D eigenvalue weighted by molar-refractivity contribution is -0.124. The van der Waals surface area contributed by atoms with Crippen LogP contribution in [0.15, 0.2) is 6.07 Å².